The summed E-state index contributed by atoms with van der Waals surface area (Å²) in [5, 5.41) is 10.7. The number of carbonyl (C=O) groups excluding carboxylic acids is 2. The third-order valence-corrected chi connectivity index (χ3v) is 7.32. The molecule has 0 saturated carbocycles. The number of nitrogens with one attached hydrogen (secondary N) is 1. The Labute approximate surface area is 193 Å². The second kappa shape index (κ2) is 11.0. The Hall–Kier alpha value is -2.09. The molecule has 1 N–H and O–H groups in total. The number of benzene rings is 1. The predicted octanol–water partition coefficient (Wildman–Crippen LogP) is 2.65. The molecular formula is C17H21ClN4O6S3. The van der Waals surface area contributed by atoms with E-state index in [1.807, 2.05) is 0 Å². The smallest absolute Gasteiger partial charge is 0.316 e. The highest BCUT2D eigenvalue weighted by atomic mass is 35.5. The second-order valence-electron chi connectivity index (χ2n) is 6.03. The number of esters is 1. The Kier molecular flexibility index (Phi) is 8.91. The van der Waals surface area contributed by atoms with Gasteiger partial charge in [-0.1, -0.05) is 41.6 Å². The first-order valence-electron chi connectivity index (χ1n) is 8.77. The average Bonchev–Trinajstić information content (AvgIpc) is 3.16. The summed E-state index contributed by atoms with van der Waals surface area (Å²) < 4.78 is 36.2. The van der Waals surface area contributed by atoms with E-state index in [1.165, 1.54) is 32.4 Å². The van der Waals surface area contributed by atoms with Gasteiger partial charge in [0.15, 0.2) is 4.34 Å². The summed E-state index contributed by atoms with van der Waals surface area (Å²) in [6, 6.07) is 3.39. The molecular weight excluding hydrogens is 488 g/mol. The number of aromatic nitrogens is 2. The minimum absolute atomic E-state index is 0.0523. The number of hydrogen-bond acceptors (Lipinski definition) is 10. The van der Waals surface area contributed by atoms with E-state index in [0.717, 1.165) is 33.7 Å². The molecule has 0 bridgehead atoms. The van der Waals surface area contributed by atoms with Crippen LogP contribution in [-0.2, 0) is 24.3 Å². The molecule has 1 aromatic carbocycles. The zero-order valence-corrected chi connectivity index (χ0v) is 20.3. The molecule has 1 amide bonds. The summed E-state index contributed by atoms with van der Waals surface area (Å²) >= 11 is 8.32. The van der Waals surface area contributed by atoms with Crippen LogP contribution < -0.4 is 14.4 Å². The van der Waals surface area contributed by atoms with E-state index in [4.69, 9.17) is 16.3 Å². The summed E-state index contributed by atoms with van der Waals surface area (Å²) in [5.41, 5.74) is 0.224. The molecule has 1 aromatic heterocycles. The fraction of sp³-hybridized carbons (Fsp3) is 0.412. The first-order valence-corrected chi connectivity index (χ1v) is 12.8. The second-order valence-corrected chi connectivity index (χ2v) is 10.5. The van der Waals surface area contributed by atoms with Crippen molar-refractivity contribution in [1.29, 1.82) is 0 Å². The van der Waals surface area contributed by atoms with Gasteiger partial charge < -0.3 is 9.47 Å². The monoisotopic (exact) mass is 508 g/mol. The number of halogens is 1. The van der Waals surface area contributed by atoms with E-state index < -0.39 is 27.9 Å². The van der Waals surface area contributed by atoms with E-state index in [1.54, 1.807) is 6.92 Å². The zero-order chi connectivity index (χ0) is 23.2. The van der Waals surface area contributed by atoms with Crippen LogP contribution in [0.4, 0.5) is 10.8 Å². The van der Waals surface area contributed by atoms with Gasteiger partial charge in [-0.05, 0) is 24.6 Å². The number of ether oxygens (including phenoxy) is 2. The van der Waals surface area contributed by atoms with Gasteiger partial charge in [0.1, 0.15) is 11.8 Å². The molecule has 1 atom stereocenters. The first kappa shape index (κ1) is 25.2. The molecule has 1 heterocycles. The normalized spacial score (nSPS) is 12.2. The number of carbonyl (C=O) groups is 2. The van der Waals surface area contributed by atoms with Crippen LogP contribution in [-0.4, -0.2) is 62.8 Å². The lowest BCUT2D eigenvalue weighted by Crippen LogP contribution is -2.47. The largest absolute Gasteiger partial charge is 0.495 e. The molecule has 2 aromatic rings. The van der Waals surface area contributed by atoms with Crippen molar-refractivity contribution in [2.75, 3.05) is 35.9 Å². The van der Waals surface area contributed by atoms with Gasteiger partial charge in [0, 0.05) is 0 Å². The van der Waals surface area contributed by atoms with Crippen molar-refractivity contribution in [3.05, 3.63) is 23.2 Å². The Balaban J connectivity index is 2.24. The standard InChI is InChI=1S/C17H21ClN4O6S3/c1-5-12(15(24)19-16-20-21-17(30-16)29-9-14(23)28-3)22(31(4,25)26)10-6-7-13(27-2)11(18)8-10/h6-8,12H,5,9H2,1-4H3,(H,19,20,24)/t12-/m0/s1. The number of methoxy groups -OCH3 is 2. The highest BCUT2D eigenvalue weighted by Gasteiger charge is 2.32. The van der Waals surface area contributed by atoms with Gasteiger partial charge in [0.25, 0.3) is 0 Å². The summed E-state index contributed by atoms with van der Waals surface area (Å²) in [4.78, 5) is 24.1. The lowest BCUT2D eigenvalue weighted by Gasteiger charge is -2.30. The average molecular weight is 509 g/mol. The van der Waals surface area contributed by atoms with Crippen LogP contribution in [0.3, 0.4) is 0 Å². The number of nitrogens with zero attached hydrogens (tertiary/aromatic N) is 3. The summed E-state index contributed by atoms with van der Waals surface area (Å²) in [7, 11) is -1.11. The maximum atomic E-state index is 12.9. The summed E-state index contributed by atoms with van der Waals surface area (Å²) in [6.07, 6.45) is 1.19. The molecule has 0 saturated heterocycles. The Bertz CT molecular complexity index is 1050. The summed E-state index contributed by atoms with van der Waals surface area (Å²) in [6.45, 7) is 1.69. The lowest BCUT2D eigenvalue weighted by atomic mass is 10.2. The molecule has 31 heavy (non-hydrogen) atoms. The topological polar surface area (TPSA) is 128 Å². The fourth-order valence-corrected chi connectivity index (χ4v) is 5.58. The zero-order valence-electron chi connectivity index (χ0n) is 17.1. The molecule has 0 aliphatic heterocycles. The van der Waals surface area contributed by atoms with Gasteiger partial charge in [-0.3, -0.25) is 19.2 Å². The maximum Gasteiger partial charge on any atom is 0.316 e. The molecule has 170 valence electrons. The van der Waals surface area contributed by atoms with Crippen molar-refractivity contribution in [2.45, 2.75) is 23.7 Å². The lowest BCUT2D eigenvalue weighted by molar-refractivity contribution is -0.137. The van der Waals surface area contributed by atoms with Gasteiger partial charge >= 0.3 is 5.97 Å². The van der Waals surface area contributed by atoms with Crippen molar-refractivity contribution >= 4 is 67.4 Å². The SMILES string of the molecule is CC[C@@H](C(=O)Nc1nnc(SCC(=O)OC)s1)N(c1ccc(OC)c(Cl)c1)S(C)(=O)=O. The van der Waals surface area contributed by atoms with Crippen molar-refractivity contribution in [3.8, 4) is 5.75 Å². The van der Waals surface area contributed by atoms with Crippen LogP contribution >= 0.6 is 34.7 Å². The third-order valence-electron chi connectivity index (χ3n) is 3.90. The molecule has 2 rings (SSSR count). The van der Waals surface area contributed by atoms with E-state index in [2.05, 4.69) is 20.3 Å². The molecule has 0 radical (unpaired) electrons. The van der Waals surface area contributed by atoms with E-state index in [-0.39, 0.29) is 28.0 Å². The van der Waals surface area contributed by atoms with Crippen molar-refractivity contribution in [3.63, 3.8) is 0 Å². The number of hydrogen-bond donors (Lipinski definition) is 1. The highest BCUT2D eigenvalue weighted by Crippen LogP contribution is 2.32. The minimum atomic E-state index is -3.83. The number of anilines is 2. The van der Waals surface area contributed by atoms with Crippen molar-refractivity contribution < 1.29 is 27.5 Å². The Morgan fingerprint density at radius 1 is 1.32 bits per heavy atom. The van der Waals surface area contributed by atoms with Crippen LogP contribution in [0, 0.1) is 0 Å². The van der Waals surface area contributed by atoms with Gasteiger partial charge in [-0.25, -0.2) is 8.42 Å². The van der Waals surface area contributed by atoms with E-state index >= 15 is 0 Å². The number of rotatable bonds is 10. The Morgan fingerprint density at radius 3 is 2.58 bits per heavy atom. The van der Waals surface area contributed by atoms with Gasteiger partial charge in [0.2, 0.25) is 21.1 Å². The maximum absolute atomic E-state index is 12.9. The van der Waals surface area contributed by atoms with Crippen LogP contribution in [0.25, 0.3) is 0 Å². The minimum Gasteiger partial charge on any atom is -0.495 e. The molecule has 0 aliphatic rings. The number of amides is 1. The van der Waals surface area contributed by atoms with Gasteiger partial charge in [-0.2, -0.15) is 0 Å². The van der Waals surface area contributed by atoms with E-state index in [9.17, 15) is 18.0 Å². The fourth-order valence-electron chi connectivity index (χ4n) is 2.54. The predicted molar refractivity (Wildman–Crippen MR) is 121 cm³/mol. The quantitative estimate of drug-likeness (QED) is 0.292. The van der Waals surface area contributed by atoms with Crippen LogP contribution in [0.5, 0.6) is 5.75 Å². The molecule has 0 aliphatic carbocycles. The number of sulfonamides is 1. The molecule has 0 unspecified atom stereocenters. The Morgan fingerprint density at radius 2 is 2.03 bits per heavy atom. The van der Waals surface area contributed by atoms with Gasteiger partial charge in [-0.15, -0.1) is 10.2 Å². The van der Waals surface area contributed by atoms with Gasteiger partial charge in [0.05, 0.1) is 36.9 Å². The van der Waals surface area contributed by atoms with Crippen molar-refractivity contribution in [2.24, 2.45) is 0 Å². The molecule has 0 fully saturated rings. The molecule has 14 heteroatoms. The van der Waals surface area contributed by atoms with E-state index in [0.29, 0.717) is 10.1 Å². The third kappa shape index (κ3) is 6.69. The van der Waals surface area contributed by atoms with Crippen LogP contribution in [0.1, 0.15) is 13.3 Å². The number of thioether (sulfide) groups is 1. The van der Waals surface area contributed by atoms with Crippen LogP contribution in [0.15, 0.2) is 22.5 Å². The highest BCUT2D eigenvalue weighted by molar-refractivity contribution is 8.01. The first-order chi connectivity index (χ1) is 14.6. The van der Waals surface area contributed by atoms with Crippen LogP contribution in [0.2, 0.25) is 5.02 Å². The molecule has 10 nitrogen and oxygen atoms in total. The molecule has 0 spiro atoms. The van der Waals surface area contributed by atoms with Crippen molar-refractivity contribution in [1.82, 2.24) is 10.2 Å². The summed E-state index contributed by atoms with van der Waals surface area (Å²) in [5.74, 6) is -0.571.